The number of rotatable bonds is 9. The predicted molar refractivity (Wildman–Crippen MR) is 278 cm³/mol. The van der Waals surface area contributed by atoms with Crippen LogP contribution in [0.1, 0.15) is 0 Å². The van der Waals surface area contributed by atoms with Crippen molar-refractivity contribution >= 4 is 98.6 Å². The summed E-state index contributed by atoms with van der Waals surface area (Å²) in [6.07, 6.45) is 0. The van der Waals surface area contributed by atoms with Gasteiger partial charge in [0, 0.05) is 60.1 Å². The van der Waals surface area contributed by atoms with Crippen LogP contribution in [0.4, 0.5) is 34.1 Å². The minimum atomic E-state index is 0.579. The predicted octanol–water partition coefficient (Wildman–Crippen LogP) is 17.4. The Balaban J connectivity index is 0.938. The SMILES string of the molecule is c1ccc(-c2ccc3nc(-c4ccc(N(c5ccc(-c6nc7ccccc7o6)cc5)c5cccc6c5ccc5c7cccc(N(c8ccccc8)c8ccccc8)c7sc65)cc4)oc3c2)cc1. The van der Waals surface area contributed by atoms with E-state index in [1.54, 1.807) is 0 Å². The second-order valence-corrected chi connectivity index (χ2v) is 17.6. The van der Waals surface area contributed by atoms with Crippen LogP contribution in [0, 0.1) is 0 Å². The van der Waals surface area contributed by atoms with Crippen LogP contribution in [-0.4, -0.2) is 9.97 Å². The molecule has 0 aliphatic carbocycles. The molecule has 0 fully saturated rings. The number of fused-ring (bicyclic) bond motifs is 7. The third-order valence-corrected chi connectivity index (χ3v) is 13.8. The first kappa shape index (κ1) is 38.7. The molecule has 6 nitrogen and oxygen atoms in total. The summed E-state index contributed by atoms with van der Waals surface area (Å²) in [6.45, 7) is 0. The fourth-order valence-corrected chi connectivity index (χ4v) is 10.7. The molecular formula is C60H38N4O2S. The lowest BCUT2D eigenvalue weighted by atomic mass is 10.0. The van der Waals surface area contributed by atoms with E-state index in [9.17, 15) is 0 Å². The molecule has 0 aliphatic rings. The first-order valence-corrected chi connectivity index (χ1v) is 23.1. The maximum Gasteiger partial charge on any atom is 0.227 e. The van der Waals surface area contributed by atoms with E-state index in [0.717, 1.165) is 84.0 Å². The minimum absolute atomic E-state index is 0.579. The third-order valence-electron chi connectivity index (χ3n) is 12.5. The number of oxazole rings is 2. The van der Waals surface area contributed by atoms with Gasteiger partial charge in [-0.1, -0.05) is 121 Å². The van der Waals surface area contributed by atoms with Gasteiger partial charge in [-0.25, -0.2) is 9.97 Å². The van der Waals surface area contributed by atoms with Gasteiger partial charge in [-0.15, -0.1) is 11.3 Å². The Kier molecular flexibility index (Phi) is 9.25. The molecule has 13 rings (SSSR count). The van der Waals surface area contributed by atoms with Crippen molar-refractivity contribution in [2.75, 3.05) is 9.80 Å². The Hall–Kier alpha value is -8.78. The first-order chi connectivity index (χ1) is 33.2. The van der Waals surface area contributed by atoms with E-state index < -0.39 is 0 Å². The quantitative estimate of drug-likeness (QED) is 0.144. The zero-order valence-electron chi connectivity index (χ0n) is 36.0. The maximum absolute atomic E-state index is 6.42. The van der Waals surface area contributed by atoms with E-state index in [1.165, 1.54) is 25.6 Å². The Bertz CT molecular complexity index is 3850. The molecule has 10 aromatic carbocycles. The highest BCUT2D eigenvalue weighted by Gasteiger charge is 2.22. The van der Waals surface area contributed by atoms with Gasteiger partial charge < -0.3 is 18.6 Å². The van der Waals surface area contributed by atoms with Crippen molar-refractivity contribution in [2.45, 2.75) is 0 Å². The second kappa shape index (κ2) is 16.0. The largest absolute Gasteiger partial charge is 0.436 e. The molecule has 0 amide bonds. The topological polar surface area (TPSA) is 58.5 Å². The van der Waals surface area contributed by atoms with Crippen molar-refractivity contribution in [3.63, 3.8) is 0 Å². The van der Waals surface area contributed by atoms with E-state index in [1.807, 2.05) is 59.9 Å². The average Bonchev–Trinajstić information content (AvgIpc) is 4.14. The van der Waals surface area contributed by atoms with E-state index in [-0.39, 0.29) is 0 Å². The minimum Gasteiger partial charge on any atom is -0.436 e. The second-order valence-electron chi connectivity index (χ2n) is 16.6. The Morgan fingerprint density at radius 3 is 1.43 bits per heavy atom. The summed E-state index contributed by atoms with van der Waals surface area (Å²) >= 11 is 1.85. The highest BCUT2D eigenvalue weighted by Crippen LogP contribution is 2.48. The fourth-order valence-electron chi connectivity index (χ4n) is 9.32. The van der Waals surface area contributed by atoms with Crippen molar-refractivity contribution in [3.05, 3.63) is 231 Å². The normalized spacial score (nSPS) is 11.6. The van der Waals surface area contributed by atoms with Crippen LogP contribution in [0.2, 0.25) is 0 Å². The van der Waals surface area contributed by atoms with Crippen molar-refractivity contribution < 1.29 is 8.83 Å². The van der Waals surface area contributed by atoms with Crippen LogP contribution in [-0.2, 0) is 0 Å². The summed E-state index contributed by atoms with van der Waals surface area (Å²) in [7, 11) is 0. The smallest absolute Gasteiger partial charge is 0.227 e. The van der Waals surface area contributed by atoms with Gasteiger partial charge in [0.15, 0.2) is 11.2 Å². The molecule has 316 valence electrons. The lowest BCUT2D eigenvalue weighted by Gasteiger charge is -2.27. The summed E-state index contributed by atoms with van der Waals surface area (Å²) in [5.74, 6) is 1.17. The first-order valence-electron chi connectivity index (χ1n) is 22.3. The molecule has 0 saturated carbocycles. The summed E-state index contributed by atoms with van der Waals surface area (Å²) < 4.78 is 15.1. The number of aromatic nitrogens is 2. The number of hydrogen-bond acceptors (Lipinski definition) is 7. The van der Waals surface area contributed by atoms with Gasteiger partial charge in [0.05, 0.1) is 16.1 Å². The standard InChI is InChI=1S/C60H38N4O2S/c1-4-14-39(15-5-1)42-30-37-52-56(38-42)66-60(62-52)41-28-33-46(34-29-41)63(45-31-26-40(27-32-45)59-61-51-22-10-11-25-55(51)65-59)53-23-12-20-48-47(53)35-36-50-49-21-13-24-54(58(49)67-57(48)50)64(43-16-6-2-7-17-43)44-18-8-3-9-19-44/h1-38H. The molecule has 0 saturated heterocycles. The van der Waals surface area contributed by atoms with Crippen molar-refractivity contribution in [3.8, 4) is 34.0 Å². The number of hydrogen-bond donors (Lipinski definition) is 0. The number of para-hydroxylation sites is 4. The number of benzene rings is 10. The van der Waals surface area contributed by atoms with Crippen molar-refractivity contribution in [2.24, 2.45) is 0 Å². The molecule has 67 heavy (non-hydrogen) atoms. The number of nitrogens with zero attached hydrogens (tertiary/aromatic N) is 4. The third kappa shape index (κ3) is 6.80. The molecule has 0 atom stereocenters. The molecule has 13 aromatic rings. The van der Waals surface area contributed by atoms with Crippen LogP contribution in [0.3, 0.4) is 0 Å². The van der Waals surface area contributed by atoms with Gasteiger partial charge in [-0.05, 0) is 120 Å². The zero-order valence-corrected chi connectivity index (χ0v) is 36.8. The molecule has 0 radical (unpaired) electrons. The van der Waals surface area contributed by atoms with E-state index in [2.05, 4.69) is 192 Å². The Morgan fingerprint density at radius 2 is 0.791 bits per heavy atom. The molecule has 3 aromatic heterocycles. The molecule has 0 N–H and O–H groups in total. The lowest BCUT2D eigenvalue weighted by Crippen LogP contribution is -2.10. The van der Waals surface area contributed by atoms with Crippen molar-refractivity contribution in [1.82, 2.24) is 9.97 Å². The molecule has 3 heterocycles. The molecule has 0 bridgehead atoms. The summed E-state index contributed by atoms with van der Waals surface area (Å²) in [6, 6.07) is 80.6. The number of thiophene rings is 1. The average molecular weight is 879 g/mol. The van der Waals surface area contributed by atoms with Gasteiger partial charge in [0.25, 0.3) is 0 Å². The maximum atomic E-state index is 6.42. The Labute approximate surface area is 389 Å². The van der Waals surface area contributed by atoms with Gasteiger partial charge in [-0.2, -0.15) is 0 Å². The van der Waals surface area contributed by atoms with Crippen LogP contribution in [0.25, 0.3) is 87.2 Å². The lowest BCUT2D eigenvalue weighted by molar-refractivity contribution is 0.619. The summed E-state index contributed by atoms with van der Waals surface area (Å²) in [5, 5.41) is 4.81. The van der Waals surface area contributed by atoms with Crippen LogP contribution < -0.4 is 9.80 Å². The molecule has 7 heteroatoms. The number of anilines is 6. The Morgan fingerprint density at radius 1 is 0.313 bits per heavy atom. The highest BCUT2D eigenvalue weighted by molar-refractivity contribution is 7.27. The van der Waals surface area contributed by atoms with Crippen LogP contribution >= 0.6 is 11.3 Å². The highest BCUT2D eigenvalue weighted by atomic mass is 32.1. The van der Waals surface area contributed by atoms with Gasteiger partial charge in [0.2, 0.25) is 11.8 Å². The van der Waals surface area contributed by atoms with E-state index in [0.29, 0.717) is 11.8 Å². The van der Waals surface area contributed by atoms with Gasteiger partial charge in [0.1, 0.15) is 11.0 Å². The monoisotopic (exact) mass is 878 g/mol. The molecular weight excluding hydrogens is 841 g/mol. The molecule has 0 aliphatic heterocycles. The summed E-state index contributed by atoms with van der Waals surface area (Å²) in [4.78, 5) is 14.4. The molecule has 0 spiro atoms. The van der Waals surface area contributed by atoms with E-state index >= 15 is 0 Å². The zero-order chi connectivity index (χ0) is 44.3. The summed E-state index contributed by atoms with van der Waals surface area (Å²) in [5.41, 5.74) is 13.6. The van der Waals surface area contributed by atoms with Gasteiger partial charge >= 0.3 is 0 Å². The van der Waals surface area contributed by atoms with Crippen molar-refractivity contribution in [1.29, 1.82) is 0 Å². The fraction of sp³-hybridized carbons (Fsp3) is 0. The van der Waals surface area contributed by atoms with E-state index in [4.69, 9.17) is 18.8 Å². The van der Waals surface area contributed by atoms with Crippen LogP contribution in [0.5, 0.6) is 0 Å². The van der Waals surface area contributed by atoms with Gasteiger partial charge in [-0.3, -0.25) is 0 Å². The van der Waals surface area contributed by atoms with Crippen LogP contribution in [0.15, 0.2) is 239 Å². The molecule has 0 unspecified atom stereocenters.